The first-order valence-electron chi connectivity index (χ1n) is 6.90. The van der Waals surface area contributed by atoms with Crippen LogP contribution in [0.15, 0.2) is 42.5 Å². The Morgan fingerprint density at radius 3 is 2.11 bits per heavy atom. The summed E-state index contributed by atoms with van der Waals surface area (Å²) in [5.74, 6) is 0. The predicted octanol–water partition coefficient (Wildman–Crippen LogP) is 4.93. The molecule has 100 valence electrons. The normalized spacial score (nSPS) is 11.6. The van der Waals surface area contributed by atoms with Gasteiger partial charge in [-0.15, -0.1) is 0 Å². The lowest BCUT2D eigenvalue weighted by Gasteiger charge is -2.23. The molecular formula is C18H23N. The molecule has 0 heterocycles. The molecule has 0 radical (unpaired) electrons. The standard InChI is InChI=1S/C18H23N/c1-5-18(3,4)16-8-6-14(7-9-16)15-10-13(2)11-17(19)12-15/h6-12H,5,19H2,1-4H3. The van der Waals surface area contributed by atoms with Crippen LogP contribution in [0.3, 0.4) is 0 Å². The van der Waals surface area contributed by atoms with Gasteiger partial charge >= 0.3 is 0 Å². The number of nitrogen functional groups attached to an aromatic ring is 1. The molecule has 2 aromatic rings. The highest BCUT2D eigenvalue weighted by molar-refractivity contribution is 5.68. The maximum Gasteiger partial charge on any atom is 0.0322 e. The average Bonchev–Trinajstić information content (AvgIpc) is 2.38. The third-order valence-electron chi connectivity index (χ3n) is 3.98. The van der Waals surface area contributed by atoms with Crippen LogP contribution in [-0.4, -0.2) is 0 Å². The van der Waals surface area contributed by atoms with E-state index in [2.05, 4.69) is 58.0 Å². The third kappa shape index (κ3) is 2.98. The van der Waals surface area contributed by atoms with E-state index in [9.17, 15) is 0 Å². The van der Waals surface area contributed by atoms with Gasteiger partial charge in [0.25, 0.3) is 0 Å². The number of benzene rings is 2. The van der Waals surface area contributed by atoms with Crippen molar-refractivity contribution < 1.29 is 0 Å². The van der Waals surface area contributed by atoms with E-state index in [4.69, 9.17) is 5.73 Å². The molecule has 0 aliphatic carbocycles. The van der Waals surface area contributed by atoms with Crippen LogP contribution in [0.1, 0.15) is 38.3 Å². The zero-order valence-corrected chi connectivity index (χ0v) is 12.3. The Hall–Kier alpha value is -1.76. The second-order valence-corrected chi connectivity index (χ2v) is 5.95. The van der Waals surface area contributed by atoms with Crippen LogP contribution in [0.4, 0.5) is 5.69 Å². The van der Waals surface area contributed by atoms with Crippen LogP contribution in [0, 0.1) is 6.92 Å². The molecule has 0 saturated heterocycles. The Bertz CT molecular complexity index is 544. The smallest absolute Gasteiger partial charge is 0.0322 e. The minimum absolute atomic E-state index is 0.240. The number of rotatable bonds is 3. The van der Waals surface area contributed by atoms with Crippen molar-refractivity contribution in [2.24, 2.45) is 0 Å². The van der Waals surface area contributed by atoms with Gasteiger partial charge < -0.3 is 5.73 Å². The molecule has 2 N–H and O–H groups in total. The summed E-state index contributed by atoms with van der Waals surface area (Å²) in [5.41, 5.74) is 12.0. The molecule has 1 heteroatoms. The zero-order valence-electron chi connectivity index (χ0n) is 12.3. The van der Waals surface area contributed by atoms with Gasteiger partial charge in [-0.25, -0.2) is 0 Å². The summed E-state index contributed by atoms with van der Waals surface area (Å²) < 4.78 is 0. The lowest BCUT2D eigenvalue weighted by atomic mass is 9.82. The number of aryl methyl sites for hydroxylation is 1. The molecule has 0 unspecified atom stereocenters. The molecule has 0 aliphatic rings. The Kier molecular flexibility index (Phi) is 3.66. The molecule has 0 atom stereocenters. The van der Waals surface area contributed by atoms with Gasteiger partial charge in [0.05, 0.1) is 0 Å². The van der Waals surface area contributed by atoms with Crippen molar-refractivity contribution in [2.45, 2.75) is 39.5 Å². The summed E-state index contributed by atoms with van der Waals surface area (Å²) in [6.07, 6.45) is 1.14. The second-order valence-electron chi connectivity index (χ2n) is 5.95. The van der Waals surface area contributed by atoms with Crippen molar-refractivity contribution >= 4 is 5.69 Å². The predicted molar refractivity (Wildman–Crippen MR) is 84.3 cm³/mol. The first-order valence-corrected chi connectivity index (χ1v) is 6.90. The highest BCUT2D eigenvalue weighted by Crippen LogP contribution is 2.29. The number of anilines is 1. The maximum atomic E-state index is 5.92. The molecular weight excluding hydrogens is 230 g/mol. The van der Waals surface area contributed by atoms with Crippen LogP contribution in [-0.2, 0) is 5.41 Å². The van der Waals surface area contributed by atoms with Crippen molar-refractivity contribution in [3.63, 3.8) is 0 Å². The minimum Gasteiger partial charge on any atom is -0.399 e. The summed E-state index contributed by atoms with van der Waals surface area (Å²) >= 11 is 0. The van der Waals surface area contributed by atoms with Crippen LogP contribution in [0.5, 0.6) is 0 Å². The highest BCUT2D eigenvalue weighted by Gasteiger charge is 2.17. The van der Waals surface area contributed by atoms with Crippen LogP contribution < -0.4 is 5.73 Å². The van der Waals surface area contributed by atoms with Gasteiger partial charge in [-0.3, -0.25) is 0 Å². The van der Waals surface area contributed by atoms with E-state index in [1.54, 1.807) is 0 Å². The summed E-state index contributed by atoms with van der Waals surface area (Å²) in [4.78, 5) is 0. The molecule has 0 saturated carbocycles. The van der Waals surface area contributed by atoms with Crippen molar-refractivity contribution in [2.75, 3.05) is 5.73 Å². The molecule has 0 fully saturated rings. The molecule has 2 rings (SSSR count). The third-order valence-corrected chi connectivity index (χ3v) is 3.98. The monoisotopic (exact) mass is 253 g/mol. The molecule has 1 nitrogen and oxygen atoms in total. The van der Waals surface area contributed by atoms with Gasteiger partial charge in [0.1, 0.15) is 0 Å². The summed E-state index contributed by atoms with van der Waals surface area (Å²) in [6, 6.07) is 15.1. The number of nitrogens with two attached hydrogens (primary N) is 1. The van der Waals surface area contributed by atoms with Gasteiger partial charge in [0.15, 0.2) is 0 Å². The van der Waals surface area contributed by atoms with E-state index in [0.29, 0.717) is 0 Å². The molecule has 0 bridgehead atoms. The Labute approximate surface area is 116 Å². The van der Waals surface area contributed by atoms with Crippen molar-refractivity contribution in [3.8, 4) is 11.1 Å². The zero-order chi connectivity index (χ0) is 14.0. The lowest BCUT2D eigenvalue weighted by Crippen LogP contribution is -2.14. The summed E-state index contributed by atoms with van der Waals surface area (Å²) in [7, 11) is 0. The molecule has 2 aromatic carbocycles. The van der Waals surface area contributed by atoms with Gasteiger partial charge in [0, 0.05) is 5.69 Å². The van der Waals surface area contributed by atoms with Gasteiger partial charge in [-0.05, 0) is 53.1 Å². The van der Waals surface area contributed by atoms with E-state index in [1.165, 1.54) is 22.3 Å². The van der Waals surface area contributed by atoms with Crippen molar-refractivity contribution in [1.82, 2.24) is 0 Å². The molecule has 0 spiro atoms. The highest BCUT2D eigenvalue weighted by atomic mass is 14.5. The Morgan fingerprint density at radius 1 is 0.947 bits per heavy atom. The fourth-order valence-electron chi connectivity index (χ4n) is 2.30. The average molecular weight is 253 g/mol. The lowest BCUT2D eigenvalue weighted by molar-refractivity contribution is 0.506. The van der Waals surface area contributed by atoms with Gasteiger partial charge in [-0.1, -0.05) is 51.1 Å². The second kappa shape index (κ2) is 5.08. The van der Waals surface area contributed by atoms with E-state index < -0.39 is 0 Å². The van der Waals surface area contributed by atoms with E-state index >= 15 is 0 Å². The Balaban J connectivity index is 2.37. The topological polar surface area (TPSA) is 26.0 Å². The summed E-state index contributed by atoms with van der Waals surface area (Å²) in [6.45, 7) is 8.88. The molecule has 0 aliphatic heterocycles. The fourth-order valence-corrected chi connectivity index (χ4v) is 2.30. The summed E-state index contributed by atoms with van der Waals surface area (Å²) in [5, 5.41) is 0. The SMILES string of the molecule is CCC(C)(C)c1ccc(-c2cc(C)cc(N)c2)cc1. The largest absolute Gasteiger partial charge is 0.399 e. The van der Waals surface area contributed by atoms with Gasteiger partial charge in [-0.2, -0.15) is 0 Å². The van der Waals surface area contributed by atoms with E-state index in [-0.39, 0.29) is 5.41 Å². The van der Waals surface area contributed by atoms with Crippen molar-refractivity contribution in [3.05, 3.63) is 53.6 Å². The maximum absolute atomic E-state index is 5.92. The molecule has 0 amide bonds. The van der Waals surface area contributed by atoms with Crippen molar-refractivity contribution in [1.29, 1.82) is 0 Å². The van der Waals surface area contributed by atoms with E-state index in [1.807, 2.05) is 12.1 Å². The van der Waals surface area contributed by atoms with Crippen LogP contribution >= 0.6 is 0 Å². The van der Waals surface area contributed by atoms with Crippen LogP contribution in [0.2, 0.25) is 0 Å². The first-order chi connectivity index (χ1) is 8.92. The molecule has 19 heavy (non-hydrogen) atoms. The van der Waals surface area contributed by atoms with E-state index in [0.717, 1.165) is 12.1 Å². The molecule has 0 aromatic heterocycles. The van der Waals surface area contributed by atoms with Crippen LogP contribution in [0.25, 0.3) is 11.1 Å². The number of hydrogen-bond acceptors (Lipinski definition) is 1. The quantitative estimate of drug-likeness (QED) is 0.771. The number of hydrogen-bond donors (Lipinski definition) is 1. The fraction of sp³-hybridized carbons (Fsp3) is 0.333. The minimum atomic E-state index is 0.240. The van der Waals surface area contributed by atoms with Gasteiger partial charge in [0.2, 0.25) is 0 Å². The Morgan fingerprint density at radius 2 is 1.58 bits per heavy atom. The first kappa shape index (κ1) is 13.7.